The van der Waals surface area contributed by atoms with Gasteiger partial charge in [0.2, 0.25) is 5.88 Å². The van der Waals surface area contributed by atoms with Gasteiger partial charge in [0.15, 0.2) is 5.69 Å². The third kappa shape index (κ3) is 3.13. The molecule has 1 aromatic rings. The summed E-state index contributed by atoms with van der Waals surface area (Å²) >= 11 is 0. The normalized spacial score (nSPS) is 24.3. The molecule has 4 N–H and O–H groups in total. The molecular formula is C11H16N4O2. The highest BCUT2D eigenvalue weighted by molar-refractivity contribution is 5.90. The maximum atomic E-state index is 10.8. The molecule has 2 atom stereocenters. The third-order valence-electron chi connectivity index (χ3n) is 2.85. The second kappa shape index (κ2) is 5.09. The van der Waals surface area contributed by atoms with Crippen LogP contribution in [-0.2, 0) is 0 Å². The number of rotatable bonds is 3. The zero-order valence-electron chi connectivity index (χ0n) is 9.50. The van der Waals surface area contributed by atoms with Crippen molar-refractivity contribution in [2.75, 3.05) is 0 Å². The molecule has 0 aliphatic heterocycles. The van der Waals surface area contributed by atoms with Gasteiger partial charge < -0.3 is 16.2 Å². The molecule has 1 fully saturated rings. The van der Waals surface area contributed by atoms with E-state index in [0.717, 1.165) is 25.7 Å². The van der Waals surface area contributed by atoms with Crippen LogP contribution >= 0.6 is 0 Å². The van der Waals surface area contributed by atoms with Crippen LogP contribution in [-0.4, -0.2) is 28.3 Å². The van der Waals surface area contributed by atoms with Crippen LogP contribution in [0.3, 0.4) is 0 Å². The molecule has 0 spiro atoms. The van der Waals surface area contributed by atoms with E-state index in [1.165, 1.54) is 6.07 Å². The Morgan fingerprint density at radius 1 is 1.35 bits per heavy atom. The molecule has 1 amide bonds. The summed E-state index contributed by atoms with van der Waals surface area (Å²) < 4.78 is 5.65. The Kier molecular flexibility index (Phi) is 3.53. The van der Waals surface area contributed by atoms with Gasteiger partial charge in [-0.2, -0.15) is 0 Å². The monoisotopic (exact) mass is 236 g/mol. The summed E-state index contributed by atoms with van der Waals surface area (Å²) in [6.45, 7) is 0. The summed E-state index contributed by atoms with van der Waals surface area (Å²) in [5.41, 5.74) is 11.1. The van der Waals surface area contributed by atoms with Gasteiger partial charge in [-0.3, -0.25) is 4.79 Å². The third-order valence-corrected chi connectivity index (χ3v) is 2.85. The Labute approximate surface area is 99.3 Å². The SMILES string of the molecule is NC(=O)c1ccc(OC2CCCC(N)C2)nn1. The maximum Gasteiger partial charge on any atom is 0.269 e. The first-order valence-electron chi connectivity index (χ1n) is 5.71. The second-order valence-corrected chi connectivity index (χ2v) is 4.29. The van der Waals surface area contributed by atoms with Crippen LogP contribution in [0.5, 0.6) is 5.88 Å². The van der Waals surface area contributed by atoms with Crippen molar-refractivity contribution in [1.29, 1.82) is 0 Å². The standard InChI is InChI=1S/C11H16N4O2/c12-7-2-1-3-8(6-7)17-10-5-4-9(11(13)16)14-15-10/h4-5,7-8H,1-3,6,12H2,(H2,13,16). The first kappa shape index (κ1) is 11.8. The van der Waals surface area contributed by atoms with Gasteiger partial charge in [0.1, 0.15) is 6.10 Å². The van der Waals surface area contributed by atoms with Crippen LogP contribution < -0.4 is 16.2 Å². The van der Waals surface area contributed by atoms with Gasteiger partial charge >= 0.3 is 0 Å². The second-order valence-electron chi connectivity index (χ2n) is 4.29. The highest BCUT2D eigenvalue weighted by Gasteiger charge is 2.21. The van der Waals surface area contributed by atoms with Crippen LogP contribution in [0.15, 0.2) is 12.1 Å². The molecule has 1 saturated carbocycles. The van der Waals surface area contributed by atoms with Crippen molar-refractivity contribution in [2.24, 2.45) is 11.5 Å². The molecule has 0 bridgehead atoms. The molecule has 1 aliphatic rings. The van der Waals surface area contributed by atoms with Gasteiger partial charge in [0.05, 0.1) is 0 Å². The first-order valence-corrected chi connectivity index (χ1v) is 5.71. The van der Waals surface area contributed by atoms with Gasteiger partial charge in [0.25, 0.3) is 5.91 Å². The van der Waals surface area contributed by atoms with Gasteiger partial charge in [-0.15, -0.1) is 10.2 Å². The van der Waals surface area contributed by atoms with Crippen molar-refractivity contribution < 1.29 is 9.53 Å². The topological polar surface area (TPSA) is 104 Å². The van der Waals surface area contributed by atoms with E-state index in [9.17, 15) is 4.79 Å². The Hall–Kier alpha value is -1.69. The van der Waals surface area contributed by atoms with E-state index in [4.69, 9.17) is 16.2 Å². The quantitative estimate of drug-likeness (QED) is 0.781. The highest BCUT2D eigenvalue weighted by atomic mass is 16.5. The van der Waals surface area contributed by atoms with E-state index in [0.29, 0.717) is 5.88 Å². The molecule has 92 valence electrons. The van der Waals surface area contributed by atoms with Crippen molar-refractivity contribution in [1.82, 2.24) is 10.2 Å². The number of amides is 1. The van der Waals surface area contributed by atoms with Crippen LogP contribution in [0.4, 0.5) is 0 Å². The fourth-order valence-electron chi connectivity index (χ4n) is 1.97. The summed E-state index contributed by atoms with van der Waals surface area (Å²) in [7, 11) is 0. The van der Waals surface area contributed by atoms with E-state index in [1.807, 2.05) is 0 Å². The minimum Gasteiger partial charge on any atom is -0.473 e. The predicted octanol–water partition coefficient (Wildman–Crippen LogP) is 0.224. The predicted molar refractivity (Wildman–Crippen MR) is 61.4 cm³/mol. The van der Waals surface area contributed by atoms with Crippen LogP contribution in [0.1, 0.15) is 36.2 Å². The number of carbonyl (C=O) groups is 1. The lowest BCUT2D eigenvalue weighted by Gasteiger charge is -2.26. The summed E-state index contributed by atoms with van der Waals surface area (Å²) in [6.07, 6.45) is 4.02. The van der Waals surface area contributed by atoms with Gasteiger partial charge in [-0.25, -0.2) is 0 Å². The minimum absolute atomic E-state index is 0.0903. The molecule has 0 saturated heterocycles. The summed E-state index contributed by atoms with van der Waals surface area (Å²) in [6, 6.07) is 3.31. The van der Waals surface area contributed by atoms with Crippen LogP contribution in [0, 0.1) is 0 Å². The smallest absolute Gasteiger partial charge is 0.269 e. The van der Waals surface area contributed by atoms with E-state index in [2.05, 4.69) is 10.2 Å². The first-order chi connectivity index (χ1) is 8.15. The molecule has 1 aliphatic carbocycles. The molecular weight excluding hydrogens is 220 g/mol. The Morgan fingerprint density at radius 3 is 2.76 bits per heavy atom. The number of hydrogen-bond donors (Lipinski definition) is 2. The number of aromatic nitrogens is 2. The Morgan fingerprint density at radius 2 is 2.18 bits per heavy atom. The number of nitrogens with two attached hydrogens (primary N) is 2. The van der Waals surface area contributed by atoms with E-state index in [1.54, 1.807) is 6.07 Å². The maximum absolute atomic E-state index is 10.8. The van der Waals surface area contributed by atoms with Crippen LogP contribution in [0.2, 0.25) is 0 Å². The average molecular weight is 236 g/mol. The Balaban J connectivity index is 1.96. The number of ether oxygens (including phenoxy) is 1. The lowest BCUT2D eigenvalue weighted by molar-refractivity contribution is 0.0993. The summed E-state index contributed by atoms with van der Waals surface area (Å²) in [5, 5.41) is 7.49. The largest absolute Gasteiger partial charge is 0.473 e. The molecule has 1 aromatic heterocycles. The summed E-state index contributed by atoms with van der Waals surface area (Å²) in [5.74, 6) is -0.183. The lowest BCUT2D eigenvalue weighted by Crippen LogP contribution is -2.33. The van der Waals surface area contributed by atoms with Gasteiger partial charge in [-0.1, -0.05) is 0 Å². The molecule has 2 rings (SSSR count). The number of carbonyl (C=O) groups excluding carboxylic acids is 1. The average Bonchev–Trinajstić information content (AvgIpc) is 2.29. The molecule has 6 nitrogen and oxygen atoms in total. The molecule has 17 heavy (non-hydrogen) atoms. The van der Waals surface area contributed by atoms with Crippen molar-refractivity contribution in [3.05, 3.63) is 17.8 Å². The van der Waals surface area contributed by atoms with E-state index < -0.39 is 5.91 Å². The fourth-order valence-corrected chi connectivity index (χ4v) is 1.97. The molecule has 0 aromatic carbocycles. The van der Waals surface area contributed by atoms with E-state index >= 15 is 0 Å². The number of primary amides is 1. The number of hydrogen-bond acceptors (Lipinski definition) is 5. The minimum atomic E-state index is -0.594. The molecule has 1 heterocycles. The zero-order chi connectivity index (χ0) is 12.3. The molecule has 2 unspecified atom stereocenters. The van der Waals surface area contributed by atoms with Crippen molar-refractivity contribution in [3.63, 3.8) is 0 Å². The van der Waals surface area contributed by atoms with Crippen molar-refractivity contribution in [3.8, 4) is 5.88 Å². The zero-order valence-corrected chi connectivity index (χ0v) is 9.50. The lowest BCUT2D eigenvalue weighted by atomic mass is 9.94. The Bertz CT molecular complexity index is 393. The highest BCUT2D eigenvalue weighted by Crippen LogP contribution is 2.21. The molecule has 6 heteroatoms. The van der Waals surface area contributed by atoms with Gasteiger partial charge in [-0.05, 0) is 31.7 Å². The van der Waals surface area contributed by atoms with Crippen molar-refractivity contribution >= 4 is 5.91 Å². The fraction of sp³-hybridized carbons (Fsp3) is 0.545. The molecule has 0 radical (unpaired) electrons. The van der Waals surface area contributed by atoms with Crippen molar-refractivity contribution in [2.45, 2.75) is 37.8 Å². The van der Waals surface area contributed by atoms with Crippen LogP contribution in [0.25, 0.3) is 0 Å². The summed E-state index contributed by atoms with van der Waals surface area (Å²) in [4.78, 5) is 10.8. The number of nitrogens with zero attached hydrogens (tertiary/aromatic N) is 2. The van der Waals surface area contributed by atoms with E-state index in [-0.39, 0.29) is 17.8 Å². The van der Waals surface area contributed by atoms with Gasteiger partial charge in [0, 0.05) is 12.1 Å².